The van der Waals surface area contributed by atoms with E-state index < -0.39 is 0 Å². The molecule has 3 heterocycles. The van der Waals surface area contributed by atoms with Crippen LogP contribution >= 0.6 is 0 Å². The van der Waals surface area contributed by atoms with Crippen molar-refractivity contribution in [2.24, 2.45) is 5.92 Å². The Morgan fingerprint density at radius 1 is 1.22 bits per heavy atom. The van der Waals surface area contributed by atoms with E-state index in [1.807, 2.05) is 41.3 Å². The zero-order valence-electron chi connectivity index (χ0n) is 15.6. The lowest BCUT2D eigenvalue weighted by Crippen LogP contribution is -2.47. The van der Waals surface area contributed by atoms with Gasteiger partial charge in [0.2, 0.25) is 5.91 Å². The minimum absolute atomic E-state index is 0.120. The van der Waals surface area contributed by atoms with Crippen molar-refractivity contribution < 1.29 is 14.3 Å². The largest absolute Gasteiger partial charge is 0.493 e. The van der Waals surface area contributed by atoms with E-state index in [1.54, 1.807) is 13.3 Å². The van der Waals surface area contributed by atoms with Gasteiger partial charge in [-0.05, 0) is 43.0 Å². The summed E-state index contributed by atoms with van der Waals surface area (Å²) in [4.78, 5) is 19.3. The van der Waals surface area contributed by atoms with E-state index in [2.05, 4.69) is 10.3 Å². The number of amides is 1. The van der Waals surface area contributed by atoms with Gasteiger partial charge in [-0.15, -0.1) is 0 Å². The predicted molar refractivity (Wildman–Crippen MR) is 103 cm³/mol. The number of anilines is 1. The highest BCUT2D eigenvalue weighted by Crippen LogP contribution is 2.36. The molecule has 142 valence electrons. The molecule has 2 aliphatic heterocycles. The first-order chi connectivity index (χ1) is 13.2. The third-order valence-electron chi connectivity index (χ3n) is 5.35. The average Bonchev–Trinajstić information content (AvgIpc) is 2.73. The first-order valence-corrected chi connectivity index (χ1v) is 9.49. The fraction of sp³-hybridized carbons (Fsp3) is 0.429. The number of aromatic nitrogens is 1. The minimum atomic E-state index is -0.120. The van der Waals surface area contributed by atoms with Crippen molar-refractivity contribution in [3.63, 3.8) is 0 Å². The zero-order valence-corrected chi connectivity index (χ0v) is 15.6. The summed E-state index contributed by atoms with van der Waals surface area (Å²) in [5.41, 5.74) is 1.05. The molecule has 0 unspecified atom stereocenters. The summed E-state index contributed by atoms with van der Waals surface area (Å²) in [6.07, 6.45) is 4.36. The second-order valence-corrected chi connectivity index (χ2v) is 7.12. The number of hydrogen-bond donors (Lipinski definition) is 1. The molecule has 2 aliphatic rings. The van der Waals surface area contributed by atoms with E-state index in [0.717, 1.165) is 48.8 Å². The Labute approximate surface area is 159 Å². The Bertz CT molecular complexity index is 789. The van der Waals surface area contributed by atoms with Gasteiger partial charge in [-0.1, -0.05) is 18.2 Å². The first-order valence-electron chi connectivity index (χ1n) is 9.49. The number of para-hydroxylation sites is 1. The van der Waals surface area contributed by atoms with Crippen molar-refractivity contribution in [1.82, 2.24) is 9.88 Å². The zero-order chi connectivity index (χ0) is 18.6. The molecule has 0 spiro atoms. The van der Waals surface area contributed by atoms with Crippen LogP contribution in [0.25, 0.3) is 0 Å². The molecule has 2 aromatic rings. The number of methoxy groups -OCH3 is 1. The van der Waals surface area contributed by atoms with E-state index in [9.17, 15) is 4.79 Å². The Morgan fingerprint density at radius 3 is 2.81 bits per heavy atom. The predicted octanol–water partition coefficient (Wildman–Crippen LogP) is 2.74. The number of pyridine rings is 1. The van der Waals surface area contributed by atoms with Crippen LogP contribution in [-0.2, 0) is 11.2 Å². The Morgan fingerprint density at radius 2 is 2.07 bits per heavy atom. The topological polar surface area (TPSA) is 63.7 Å². The van der Waals surface area contributed by atoms with Gasteiger partial charge in [0, 0.05) is 25.3 Å². The van der Waals surface area contributed by atoms with Gasteiger partial charge in [0.1, 0.15) is 12.4 Å². The number of carbonyl (C=O) groups excluding carboxylic acids is 1. The molecule has 6 nitrogen and oxygen atoms in total. The molecule has 0 bridgehead atoms. The lowest BCUT2D eigenvalue weighted by molar-refractivity contribution is -0.137. The van der Waals surface area contributed by atoms with Crippen molar-refractivity contribution in [2.75, 3.05) is 32.1 Å². The van der Waals surface area contributed by atoms with Crippen LogP contribution in [0.4, 0.5) is 5.82 Å². The lowest BCUT2D eigenvalue weighted by atomic mass is 9.94. The van der Waals surface area contributed by atoms with Gasteiger partial charge in [-0.3, -0.25) is 4.79 Å². The highest BCUT2D eigenvalue weighted by atomic mass is 16.5. The molecular weight excluding hydrogens is 342 g/mol. The van der Waals surface area contributed by atoms with Crippen molar-refractivity contribution in [1.29, 1.82) is 0 Å². The molecule has 0 aliphatic carbocycles. The van der Waals surface area contributed by atoms with Gasteiger partial charge in [-0.25, -0.2) is 4.98 Å². The minimum Gasteiger partial charge on any atom is -0.493 e. The fourth-order valence-corrected chi connectivity index (χ4v) is 3.87. The molecule has 0 saturated carbocycles. The van der Waals surface area contributed by atoms with Gasteiger partial charge in [0.15, 0.2) is 11.5 Å². The van der Waals surface area contributed by atoms with Crippen LogP contribution < -0.4 is 14.8 Å². The maximum atomic E-state index is 13.0. The number of likely N-dealkylation sites (tertiary alicyclic amines) is 1. The van der Waals surface area contributed by atoms with Crippen molar-refractivity contribution in [2.45, 2.75) is 25.3 Å². The van der Waals surface area contributed by atoms with Crippen LogP contribution in [-0.4, -0.2) is 48.6 Å². The van der Waals surface area contributed by atoms with E-state index in [-0.39, 0.29) is 11.8 Å². The number of rotatable bonds is 4. The quantitative estimate of drug-likeness (QED) is 0.900. The van der Waals surface area contributed by atoms with E-state index in [4.69, 9.17) is 9.47 Å². The molecule has 1 atom stereocenters. The van der Waals surface area contributed by atoms with Crippen LogP contribution in [0.15, 0.2) is 42.6 Å². The maximum absolute atomic E-state index is 13.0. The highest BCUT2D eigenvalue weighted by molar-refractivity contribution is 5.80. The average molecular weight is 367 g/mol. The number of hydrogen-bond acceptors (Lipinski definition) is 5. The van der Waals surface area contributed by atoms with Gasteiger partial charge in [0.05, 0.1) is 13.0 Å². The Kier molecular flexibility index (Phi) is 5.14. The molecule has 1 saturated heterocycles. The normalized spacial score (nSPS) is 19.7. The molecule has 4 rings (SSSR count). The Balaban J connectivity index is 1.33. The SMILES string of the molecule is COc1cccc2c1OC[C@@H](C(=O)N1CCC(Nc3ccccn3)CC1)C2. The van der Waals surface area contributed by atoms with E-state index in [1.165, 1.54) is 0 Å². The molecule has 1 N–H and O–H groups in total. The molecule has 0 radical (unpaired) electrons. The van der Waals surface area contributed by atoms with Crippen LogP contribution in [0.3, 0.4) is 0 Å². The molecule has 1 aromatic carbocycles. The second-order valence-electron chi connectivity index (χ2n) is 7.12. The van der Waals surface area contributed by atoms with Crippen molar-refractivity contribution in [3.05, 3.63) is 48.2 Å². The van der Waals surface area contributed by atoms with Crippen molar-refractivity contribution in [3.8, 4) is 11.5 Å². The monoisotopic (exact) mass is 367 g/mol. The highest BCUT2D eigenvalue weighted by Gasteiger charge is 2.32. The third kappa shape index (κ3) is 3.84. The second kappa shape index (κ2) is 7.86. The summed E-state index contributed by atoms with van der Waals surface area (Å²) in [5.74, 6) is 2.49. The standard InChI is InChI=1S/C21H25N3O3/c1-26-18-6-4-5-15-13-16(14-27-20(15)18)21(25)24-11-8-17(9-12-24)23-19-7-2-3-10-22-19/h2-7,10,16-17H,8-9,11-14H2,1H3,(H,22,23)/t16-/m0/s1. The van der Waals surface area contributed by atoms with Gasteiger partial charge in [-0.2, -0.15) is 0 Å². The van der Waals surface area contributed by atoms with E-state index >= 15 is 0 Å². The summed E-state index contributed by atoms with van der Waals surface area (Å²) >= 11 is 0. The summed E-state index contributed by atoms with van der Waals surface area (Å²) in [6.45, 7) is 1.95. The molecule has 27 heavy (non-hydrogen) atoms. The first kappa shape index (κ1) is 17.6. The van der Waals surface area contributed by atoms with Gasteiger partial charge in [0.25, 0.3) is 0 Å². The lowest BCUT2D eigenvalue weighted by Gasteiger charge is -2.36. The number of nitrogens with zero attached hydrogens (tertiary/aromatic N) is 2. The van der Waals surface area contributed by atoms with Crippen LogP contribution in [0.5, 0.6) is 11.5 Å². The number of piperidine rings is 1. The molecular formula is C21H25N3O3. The van der Waals surface area contributed by atoms with Crippen molar-refractivity contribution >= 4 is 11.7 Å². The maximum Gasteiger partial charge on any atom is 0.229 e. The summed E-state index contributed by atoms with van der Waals surface area (Å²) in [5, 5.41) is 3.46. The number of ether oxygens (including phenoxy) is 2. The molecule has 1 amide bonds. The number of nitrogens with one attached hydrogen (secondary N) is 1. The third-order valence-corrected chi connectivity index (χ3v) is 5.35. The van der Waals surface area contributed by atoms with Crippen LogP contribution in [0.1, 0.15) is 18.4 Å². The van der Waals surface area contributed by atoms with E-state index in [0.29, 0.717) is 19.1 Å². The summed E-state index contributed by atoms with van der Waals surface area (Å²) < 4.78 is 11.2. The molecule has 6 heteroatoms. The molecule has 1 aromatic heterocycles. The Hall–Kier alpha value is -2.76. The number of fused-ring (bicyclic) bond motifs is 1. The fourth-order valence-electron chi connectivity index (χ4n) is 3.87. The van der Waals surface area contributed by atoms with Crippen LogP contribution in [0.2, 0.25) is 0 Å². The van der Waals surface area contributed by atoms with Crippen LogP contribution in [0, 0.1) is 5.92 Å². The smallest absolute Gasteiger partial charge is 0.229 e. The number of carbonyl (C=O) groups is 1. The molecule has 1 fully saturated rings. The summed E-state index contributed by atoms with van der Waals surface area (Å²) in [7, 11) is 1.64. The van der Waals surface area contributed by atoms with Gasteiger partial charge >= 0.3 is 0 Å². The number of benzene rings is 1. The summed E-state index contributed by atoms with van der Waals surface area (Å²) in [6, 6.07) is 12.1. The van der Waals surface area contributed by atoms with Gasteiger partial charge < -0.3 is 19.7 Å².